The second-order valence-corrected chi connectivity index (χ2v) is 8.66. The quantitative estimate of drug-likeness (QED) is 0.639. The molecule has 1 fully saturated rings. The van der Waals surface area contributed by atoms with Crippen molar-refractivity contribution in [3.63, 3.8) is 0 Å². The molecule has 2 amide bonds. The lowest BCUT2D eigenvalue weighted by Gasteiger charge is -2.34. The second kappa shape index (κ2) is 9.94. The highest BCUT2D eigenvalue weighted by Crippen LogP contribution is 2.22. The molecule has 1 aliphatic rings. The summed E-state index contributed by atoms with van der Waals surface area (Å²) in [4.78, 5) is 24.0. The number of nitrogens with one attached hydrogen (secondary N) is 2. The number of sulfonamides is 1. The van der Waals surface area contributed by atoms with Crippen LogP contribution in [0.25, 0.3) is 0 Å². The van der Waals surface area contributed by atoms with Crippen molar-refractivity contribution in [2.75, 3.05) is 19.7 Å². The minimum atomic E-state index is -3.99. The number of rotatable bonds is 6. The van der Waals surface area contributed by atoms with Gasteiger partial charge in [-0.05, 0) is 48.4 Å². The van der Waals surface area contributed by atoms with Crippen molar-refractivity contribution >= 4 is 21.8 Å². The largest absolute Gasteiger partial charge is 0.360 e. The van der Waals surface area contributed by atoms with Crippen LogP contribution in [0.2, 0.25) is 0 Å². The summed E-state index contributed by atoms with van der Waals surface area (Å²) in [7, 11) is -3.99. The van der Waals surface area contributed by atoms with Crippen LogP contribution in [0.5, 0.6) is 0 Å². The molecule has 2 aromatic carbocycles. The van der Waals surface area contributed by atoms with Gasteiger partial charge in [0.15, 0.2) is 0 Å². The fourth-order valence-electron chi connectivity index (χ4n) is 2.97. The first-order valence-corrected chi connectivity index (χ1v) is 10.9. The Morgan fingerprint density at radius 1 is 0.968 bits per heavy atom. The van der Waals surface area contributed by atoms with Crippen LogP contribution in [0.4, 0.5) is 8.78 Å². The molecule has 1 saturated heterocycles. The van der Waals surface area contributed by atoms with E-state index in [9.17, 15) is 26.8 Å². The van der Waals surface area contributed by atoms with Crippen LogP contribution >= 0.6 is 0 Å². The molecule has 0 aromatic heterocycles. The third kappa shape index (κ3) is 5.84. The van der Waals surface area contributed by atoms with E-state index < -0.39 is 39.7 Å². The van der Waals surface area contributed by atoms with Crippen molar-refractivity contribution in [1.29, 1.82) is 0 Å². The lowest BCUT2D eigenvalue weighted by atomic mass is 10.2. The average molecular weight is 453 g/mol. The molecule has 2 N–H and O–H groups in total. The number of halogens is 2. The number of amides is 2. The topological polar surface area (TPSA) is 105 Å². The highest BCUT2D eigenvalue weighted by molar-refractivity contribution is 7.89. The Morgan fingerprint density at radius 3 is 2.19 bits per heavy atom. The van der Waals surface area contributed by atoms with Gasteiger partial charge < -0.3 is 15.4 Å². The van der Waals surface area contributed by atoms with Crippen LogP contribution < -0.4 is 10.6 Å². The Balaban J connectivity index is 1.58. The minimum Gasteiger partial charge on any atom is -0.360 e. The van der Waals surface area contributed by atoms with Crippen LogP contribution in [0, 0.1) is 11.6 Å². The predicted molar refractivity (Wildman–Crippen MR) is 106 cm³/mol. The summed E-state index contributed by atoms with van der Waals surface area (Å²) >= 11 is 0. The Kier molecular flexibility index (Phi) is 7.31. The maximum Gasteiger partial charge on any atom is 0.309 e. The van der Waals surface area contributed by atoms with Gasteiger partial charge in [-0.25, -0.2) is 17.2 Å². The zero-order valence-electron chi connectivity index (χ0n) is 16.4. The van der Waals surface area contributed by atoms with Crippen molar-refractivity contribution in [3.8, 4) is 0 Å². The van der Waals surface area contributed by atoms with E-state index in [0.717, 1.165) is 28.6 Å². The Bertz CT molecular complexity index is 1030. The molecule has 1 atom stereocenters. The normalized spacial score (nSPS) is 17.2. The van der Waals surface area contributed by atoms with E-state index in [-0.39, 0.29) is 31.1 Å². The highest BCUT2D eigenvalue weighted by Gasteiger charge is 2.35. The van der Waals surface area contributed by atoms with E-state index in [0.29, 0.717) is 12.0 Å². The number of hydrogen-bond acceptors (Lipinski definition) is 5. The van der Waals surface area contributed by atoms with Gasteiger partial charge in [0.1, 0.15) is 17.9 Å². The van der Waals surface area contributed by atoms with Gasteiger partial charge in [-0.2, -0.15) is 4.31 Å². The summed E-state index contributed by atoms with van der Waals surface area (Å²) in [6.45, 7) is 0.213. The van der Waals surface area contributed by atoms with E-state index in [2.05, 4.69) is 10.6 Å². The van der Waals surface area contributed by atoms with Gasteiger partial charge >= 0.3 is 11.8 Å². The van der Waals surface area contributed by atoms with E-state index in [1.807, 2.05) is 0 Å². The highest BCUT2D eigenvalue weighted by atomic mass is 32.2. The Morgan fingerprint density at radius 2 is 1.55 bits per heavy atom. The first-order chi connectivity index (χ1) is 14.8. The summed E-state index contributed by atoms with van der Waals surface area (Å²) < 4.78 is 58.3. The molecule has 166 valence electrons. The fraction of sp³-hybridized carbons (Fsp3) is 0.300. The molecule has 1 unspecified atom stereocenters. The lowest BCUT2D eigenvalue weighted by molar-refractivity contribution is -0.140. The van der Waals surface area contributed by atoms with Crippen LogP contribution in [0.3, 0.4) is 0 Å². The van der Waals surface area contributed by atoms with Crippen LogP contribution in [-0.4, -0.2) is 50.5 Å². The molecular formula is C20H21F2N3O5S. The third-order valence-electron chi connectivity index (χ3n) is 4.58. The smallest absolute Gasteiger partial charge is 0.309 e. The Labute approximate surface area is 178 Å². The number of nitrogens with zero attached hydrogens (tertiary/aromatic N) is 1. The van der Waals surface area contributed by atoms with E-state index in [1.54, 1.807) is 0 Å². The fourth-order valence-corrected chi connectivity index (χ4v) is 4.53. The van der Waals surface area contributed by atoms with Crippen LogP contribution in [0.1, 0.15) is 12.0 Å². The number of carbonyl (C=O) groups is 2. The van der Waals surface area contributed by atoms with Crippen molar-refractivity contribution in [3.05, 3.63) is 65.7 Å². The van der Waals surface area contributed by atoms with Crippen molar-refractivity contribution in [2.45, 2.75) is 24.1 Å². The predicted octanol–water partition coefficient (Wildman–Crippen LogP) is 1.13. The summed E-state index contributed by atoms with van der Waals surface area (Å²) in [6.07, 6.45) is -0.569. The first-order valence-electron chi connectivity index (χ1n) is 9.47. The Hall–Kier alpha value is -2.89. The molecule has 1 aliphatic heterocycles. The van der Waals surface area contributed by atoms with Gasteiger partial charge in [0.2, 0.25) is 10.0 Å². The first kappa shape index (κ1) is 22.8. The summed E-state index contributed by atoms with van der Waals surface area (Å²) in [6, 6.07) is 9.80. The molecule has 3 rings (SSSR count). The van der Waals surface area contributed by atoms with Crippen LogP contribution in [0.15, 0.2) is 53.4 Å². The number of ether oxygens (including phenoxy) is 1. The molecule has 0 aliphatic carbocycles. The van der Waals surface area contributed by atoms with Crippen molar-refractivity contribution in [2.24, 2.45) is 0 Å². The van der Waals surface area contributed by atoms with E-state index in [4.69, 9.17) is 4.74 Å². The average Bonchev–Trinajstić information content (AvgIpc) is 2.77. The molecule has 2 aromatic rings. The van der Waals surface area contributed by atoms with Crippen molar-refractivity contribution < 1.29 is 31.5 Å². The number of hydrogen-bond donors (Lipinski definition) is 2. The summed E-state index contributed by atoms with van der Waals surface area (Å²) in [5.41, 5.74) is 0.606. The van der Waals surface area contributed by atoms with Gasteiger partial charge in [-0.15, -0.1) is 0 Å². The molecule has 8 nitrogen and oxygen atoms in total. The number of benzene rings is 2. The molecule has 31 heavy (non-hydrogen) atoms. The monoisotopic (exact) mass is 453 g/mol. The zero-order chi connectivity index (χ0) is 22.4. The van der Waals surface area contributed by atoms with Gasteiger partial charge in [0.25, 0.3) is 0 Å². The van der Waals surface area contributed by atoms with Gasteiger partial charge in [-0.3, -0.25) is 9.59 Å². The van der Waals surface area contributed by atoms with E-state index >= 15 is 0 Å². The van der Waals surface area contributed by atoms with Gasteiger partial charge in [0.05, 0.1) is 18.0 Å². The maximum atomic E-state index is 13.1. The second-order valence-electron chi connectivity index (χ2n) is 6.77. The molecule has 11 heteroatoms. The number of carbonyl (C=O) groups excluding carboxylic acids is 2. The SMILES string of the molecule is O=C(NCc1ccc(F)cc1)C(=O)NCC1OCCCN1S(=O)(=O)c1ccc(F)cc1. The zero-order valence-corrected chi connectivity index (χ0v) is 17.2. The molecule has 0 saturated carbocycles. The van der Waals surface area contributed by atoms with Gasteiger partial charge in [-0.1, -0.05) is 12.1 Å². The summed E-state index contributed by atoms with van der Waals surface area (Å²) in [5, 5.41) is 4.75. The van der Waals surface area contributed by atoms with Crippen LogP contribution in [-0.2, 0) is 30.9 Å². The maximum absolute atomic E-state index is 13.1. The standard InChI is InChI=1S/C20H21F2N3O5S/c21-15-4-2-14(3-5-15)12-23-19(26)20(27)24-13-18-25(10-1-11-30-18)31(28,29)17-8-6-16(22)7-9-17/h2-9,18H,1,10-13H2,(H,23,26)(H,24,27). The summed E-state index contributed by atoms with van der Waals surface area (Å²) in [5.74, 6) is -2.87. The third-order valence-corrected chi connectivity index (χ3v) is 6.49. The van der Waals surface area contributed by atoms with Gasteiger partial charge in [0, 0.05) is 13.1 Å². The minimum absolute atomic E-state index is 0.0253. The molecular weight excluding hydrogens is 432 g/mol. The molecule has 1 heterocycles. The molecule has 0 radical (unpaired) electrons. The molecule has 0 bridgehead atoms. The lowest BCUT2D eigenvalue weighted by Crippen LogP contribution is -2.53. The van der Waals surface area contributed by atoms with Crippen molar-refractivity contribution in [1.82, 2.24) is 14.9 Å². The van der Waals surface area contributed by atoms with E-state index in [1.165, 1.54) is 24.3 Å². The molecule has 0 spiro atoms.